The molecule has 4 aromatic rings. The van der Waals surface area contributed by atoms with Gasteiger partial charge in [-0.2, -0.15) is 4.31 Å². The number of ether oxygens (including phenoxy) is 1. The van der Waals surface area contributed by atoms with Crippen molar-refractivity contribution in [1.82, 2.24) is 9.21 Å². The van der Waals surface area contributed by atoms with Crippen LogP contribution in [0, 0.1) is 6.92 Å². The largest absolute Gasteiger partial charge is 0.377 e. The van der Waals surface area contributed by atoms with Crippen LogP contribution in [-0.4, -0.2) is 49.3 Å². The van der Waals surface area contributed by atoms with Crippen LogP contribution in [0.4, 0.5) is 0 Å². The minimum atomic E-state index is -3.94. The average Bonchev–Trinajstić information content (AvgIpc) is 3.59. The van der Waals surface area contributed by atoms with Crippen LogP contribution in [-0.2, 0) is 32.6 Å². The number of amides is 1. The summed E-state index contributed by atoms with van der Waals surface area (Å²) in [6.45, 7) is 3.39. The van der Waals surface area contributed by atoms with E-state index in [1.807, 2.05) is 79.0 Å². The molecule has 1 fully saturated rings. The standard InChI is InChI=1S/C30H32N2O4S2/c1-23-15-17-37-29(23)21-31(19-24-8-3-2-4-9-24)30(33)22-32(20-27-12-7-16-36-27)38(34,35)28-14-13-25-10-5-6-11-26(25)18-28/h2-6,8-11,13-15,17-18,27H,7,12,16,19-22H2,1H3. The van der Waals surface area contributed by atoms with Crippen molar-refractivity contribution in [3.63, 3.8) is 0 Å². The monoisotopic (exact) mass is 548 g/mol. The molecule has 1 aliphatic heterocycles. The van der Waals surface area contributed by atoms with Gasteiger partial charge in [-0.15, -0.1) is 11.3 Å². The second-order valence-electron chi connectivity index (χ2n) is 9.70. The van der Waals surface area contributed by atoms with E-state index in [1.54, 1.807) is 28.4 Å². The van der Waals surface area contributed by atoms with Gasteiger partial charge in [-0.3, -0.25) is 4.79 Å². The highest BCUT2D eigenvalue weighted by atomic mass is 32.2. The molecular formula is C30H32N2O4S2. The number of carbonyl (C=O) groups is 1. The Morgan fingerprint density at radius 1 is 0.974 bits per heavy atom. The predicted molar refractivity (Wildman–Crippen MR) is 151 cm³/mol. The van der Waals surface area contributed by atoms with Gasteiger partial charge in [0.25, 0.3) is 0 Å². The average molecular weight is 549 g/mol. The smallest absolute Gasteiger partial charge is 0.243 e. The molecule has 1 atom stereocenters. The highest BCUT2D eigenvalue weighted by molar-refractivity contribution is 7.89. The Hall–Kier alpha value is -3.04. The van der Waals surface area contributed by atoms with Crippen molar-refractivity contribution >= 4 is 38.0 Å². The fraction of sp³-hybridized carbons (Fsp3) is 0.300. The molecule has 0 aliphatic carbocycles. The number of aryl methyl sites for hydroxylation is 1. The van der Waals surface area contributed by atoms with Crippen molar-refractivity contribution in [2.24, 2.45) is 0 Å². The number of carbonyl (C=O) groups excluding carboxylic acids is 1. The van der Waals surface area contributed by atoms with Crippen LogP contribution in [0.2, 0.25) is 0 Å². The molecule has 0 spiro atoms. The fourth-order valence-electron chi connectivity index (χ4n) is 4.77. The van der Waals surface area contributed by atoms with E-state index in [4.69, 9.17) is 4.74 Å². The van der Waals surface area contributed by atoms with Gasteiger partial charge in [0.2, 0.25) is 15.9 Å². The van der Waals surface area contributed by atoms with Gasteiger partial charge in [0.1, 0.15) is 0 Å². The number of hydrogen-bond acceptors (Lipinski definition) is 5. The first-order chi connectivity index (χ1) is 18.4. The van der Waals surface area contributed by atoms with Crippen molar-refractivity contribution < 1.29 is 17.9 Å². The summed E-state index contributed by atoms with van der Waals surface area (Å²) in [6.07, 6.45) is 1.44. The highest BCUT2D eigenvalue weighted by Crippen LogP contribution is 2.25. The predicted octanol–water partition coefficient (Wildman–Crippen LogP) is 5.61. The molecule has 38 heavy (non-hydrogen) atoms. The summed E-state index contributed by atoms with van der Waals surface area (Å²) in [4.78, 5) is 16.9. The minimum absolute atomic E-state index is 0.151. The molecule has 3 aromatic carbocycles. The Morgan fingerprint density at radius 3 is 2.45 bits per heavy atom. The number of hydrogen-bond donors (Lipinski definition) is 0. The molecule has 198 valence electrons. The zero-order valence-electron chi connectivity index (χ0n) is 21.5. The molecule has 1 aliphatic rings. The van der Waals surface area contributed by atoms with Gasteiger partial charge in [-0.25, -0.2) is 8.42 Å². The molecule has 0 N–H and O–H groups in total. The molecule has 1 unspecified atom stereocenters. The Labute approximate surface area is 228 Å². The lowest BCUT2D eigenvalue weighted by atomic mass is 10.1. The van der Waals surface area contributed by atoms with Crippen LogP contribution in [0.3, 0.4) is 0 Å². The summed E-state index contributed by atoms with van der Waals surface area (Å²) in [5, 5.41) is 3.83. The van der Waals surface area contributed by atoms with Crippen molar-refractivity contribution in [3.8, 4) is 0 Å². The lowest BCUT2D eigenvalue weighted by Crippen LogP contribution is -2.45. The quantitative estimate of drug-likeness (QED) is 0.258. The molecule has 5 rings (SSSR count). The lowest BCUT2D eigenvalue weighted by molar-refractivity contribution is -0.132. The topological polar surface area (TPSA) is 66.9 Å². The first kappa shape index (κ1) is 26.6. The Kier molecular flexibility index (Phi) is 8.24. The molecule has 1 amide bonds. The maximum Gasteiger partial charge on any atom is 0.243 e. The van der Waals surface area contributed by atoms with E-state index in [0.717, 1.165) is 39.6 Å². The van der Waals surface area contributed by atoms with Gasteiger partial charge in [0, 0.05) is 24.6 Å². The fourth-order valence-corrected chi connectivity index (χ4v) is 7.14. The second kappa shape index (κ2) is 11.8. The summed E-state index contributed by atoms with van der Waals surface area (Å²) in [7, 11) is -3.94. The first-order valence-electron chi connectivity index (χ1n) is 12.9. The van der Waals surface area contributed by atoms with Crippen LogP contribution >= 0.6 is 11.3 Å². The maximum atomic E-state index is 14.0. The van der Waals surface area contributed by atoms with E-state index >= 15 is 0 Å². The highest BCUT2D eigenvalue weighted by Gasteiger charge is 2.32. The Bertz CT molecular complexity index is 1490. The molecule has 0 radical (unpaired) electrons. The summed E-state index contributed by atoms with van der Waals surface area (Å²) in [6, 6.07) is 24.6. The summed E-state index contributed by atoms with van der Waals surface area (Å²) in [5.41, 5.74) is 2.12. The second-order valence-corrected chi connectivity index (χ2v) is 12.6. The van der Waals surface area contributed by atoms with Crippen molar-refractivity contribution in [3.05, 3.63) is 100 Å². The molecule has 8 heteroatoms. The van der Waals surface area contributed by atoms with E-state index in [-0.39, 0.29) is 30.0 Å². The van der Waals surface area contributed by atoms with Crippen molar-refractivity contribution in [1.29, 1.82) is 0 Å². The van der Waals surface area contributed by atoms with Gasteiger partial charge < -0.3 is 9.64 Å². The Morgan fingerprint density at radius 2 is 1.74 bits per heavy atom. The van der Waals surface area contributed by atoms with Crippen LogP contribution in [0.25, 0.3) is 10.8 Å². The third kappa shape index (κ3) is 6.15. The Balaban J connectivity index is 1.44. The minimum Gasteiger partial charge on any atom is -0.377 e. The van der Waals surface area contributed by atoms with Crippen LogP contribution in [0.5, 0.6) is 0 Å². The third-order valence-corrected chi connectivity index (χ3v) is 9.79. The number of benzene rings is 3. The van der Waals surface area contributed by atoms with Crippen molar-refractivity contribution in [2.75, 3.05) is 19.7 Å². The van der Waals surface area contributed by atoms with Crippen molar-refractivity contribution in [2.45, 2.75) is 43.9 Å². The van der Waals surface area contributed by atoms with Gasteiger partial charge in [0.05, 0.1) is 24.1 Å². The molecule has 1 aromatic heterocycles. The van der Waals surface area contributed by atoms with Gasteiger partial charge in [-0.1, -0.05) is 60.7 Å². The lowest BCUT2D eigenvalue weighted by Gasteiger charge is -2.29. The van der Waals surface area contributed by atoms with E-state index in [1.165, 1.54) is 4.31 Å². The van der Waals surface area contributed by atoms with E-state index in [2.05, 4.69) is 0 Å². The number of rotatable bonds is 10. The molecular weight excluding hydrogens is 516 g/mol. The number of fused-ring (bicyclic) bond motifs is 1. The SMILES string of the molecule is Cc1ccsc1CN(Cc1ccccc1)C(=O)CN(CC1CCCO1)S(=O)(=O)c1ccc2ccccc2c1. The summed E-state index contributed by atoms with van der Waals surface area (Å²) in [5.74, 6) is -0.232. The van der Waals surface area contributed by atoms with Gasteiger partial charge in [0.15, 0.2) is 0 Å². The maximum absolute atomic E-state index is 14.0. The molecule has 0 saturated carbocycles. The molecule has 0 bridgehead atoms. The third-order valence-electron chi connectivity index (χ3n) is 6.97. The molecule has 1 saturated heterocycles. The van der Waals surface area contributed by atoms with Crippen LogP contribution in [0.15, 0.2) is 89.1 Å². The number of sulfonamides is 1. The summed E-state index contributed by atoms with van der Waals surface area (Å²) < 4.78 is 35.0. The molecule has 2 heterocycles. The normalized spacial score (nSPS) is 15.8. The van der Waals surface area contributed by atoms with Crippen LogP contribution < -0.4 is 0 Å². The first-order valence-corrected chi connectivity index (χ1v) is 15.2. The van der Waals surface area contributed by atoms with E-state index < -0.39 is 10.0 Å². The number of nitrogens with zero attached hydrogens (tertiary/aromatic N) is 2. The molecule has 6 nitrogen and oxygen atoms in total. The van der Waals surface area contributed by atoms with Crippen LogP contribution in [0.1, 0.15) is 28.8 Å². The zero-order chi connectivity index (χ0) is 26.5. The summed E-state index contributed by atoms with van der Waals surface area (Å²) >= 11 is 1.61. The van der Waals surface area contributed by atoms with E-state index in [0.29, 0.717) is 19.7 Å². The van der Waals surface area contributed by atoms with Gasteiger partial charge >= 0.3 is 0 Å². The number of thiophene rings is 1. The zero-order valence-corrected chi connectivity index (χ0v) is 23.1. The van der Waals surface area contributed by atoms with Gasteiger partial charge in [-0.05, 0) is 65.2 Å². The van der Waals surface area contributed by atoms with E-state index in [9.17, 15) is 13.2 Å².